The molecular formula is C20H26O4S2. The molecule has 2 aromatic rings. The van der Waals surface area contributed by atoms with Crippen molar-refractivity contribution in [2.75, 3.05) is 23.0 Å². The lowest BCUT2D eigenvalue weighted by atomic mass is 10.1. The summed E-state index contributed by atoms with van der Waals surface area (Å²) in [6, 6.07) is 19.4. The molecule has 6 heteroatoms. The Balaban J connectivity index is 1.71. The monoisotopic (exact) mass is 394 g/mol. The maximum atomic E-state index is 12.1. The number of benzene rings is 2. The number of hydrogen-bond acceptors (Lipinski definition) is 4. The molecule has 26 heavy (non-hydrogen) atoms. The minimum Gasteiger partial charge on any atom is -0.229 e. The molecule has 0 spiro atoms. The smallest absolute Gasteiger partial charge is 0.151 e. The number of hydrogen-bond donors (Lipinski definition) is 0. The molecule has 0 heterocycles. The first-order chi connectivity index (χ1) is 12.4. The minimum atomic E-state index is -3.34. The normalized spacial score (nSPS) is 12.2. The van der Waals surface area contributed by atoms with Gasteiger partial charge in [-0.05, 0) is 36.8 Å². The summed E-state index contributed by atoms with van der Waals surface area (Å²) in [7, 11) is -6.68. The molecule has 2 rings (SSSR count). The minimum absolute atomic E-state index is 0.0292. The van der Waals surface area contributed by atoms with Gasteiger partial charge in [-0.25, -0.2) is 16.8 Å². The SMILES string of the molecule is O=S(=O)(CCCc1ccccc1)CCS(=O)(=O)CCCc1ccccc1. The molecule has 0 aliphatic heterocycles. The summed E-state index contributed by atoms with van der Waals surface area (Å²) in [4.78, 5) is 0. The number of rotatable bonds is 11. The molecule has 0 bridgehead atoms. The Hall–Kier alpha value is -1.66. The highest BCUT2D eigenvalue weighted by Gasteiger charge is 2.17. The Bertz CT molecular complexity index is 783. The van der Waals surface area contributed by atoms with E-state index in [9.17, 15) is 16.8 Å². The Kier molecular flexibility index (Phi) is 7.85. The Morgan fingerprint density at radius 2 is 0.846 bits per heavy atom. The van der Waals surface area contributed by atoms with Gasteiger partial charge in [-0.1, -0.05) is 60.7 Å². The fourth-order valence-corrected chi connectivity index (χ4v) is 6.35. The van der Waals surface area contributed by atoms with Crippen molar-refractivity contribution in [2.24, 2.45) is 0 Å². The van der Waals surface area contributed by atoms with Crippen LogP contribution >= 0.6 is 0 Å². The molecule has 0 aliphatic carbocycles. The summed E-state index contributed by atoms with van der Waals surface area (Å²) in [6.45, 7) is 0. The van der Waals surface area contributed by atoms with Gasteiger partial charge in [0.2, 0.25) is 0 Å². The first kappa shape index (κ1) is 20.6. The summed E-state index contributed by atoms with van der Waals surface area (Å²) < 4.78 is 48.4. The van der Waals surface area contributed by atoms with Gasteiger partial charge >= 0.3 is 0 Å². The van der Waals surface area contributed by atoms with Gasteiger partial charge < -0.3 is 0 Å². The van der Waals surface area contributed by atoms with Gasteiger partial charge in [0.1, 0.15) is 0 Å². The van der Waals surface area contributed by atoms with Gasteiger partial charge in [-0.2, -0.15) is 0 Å². The maximum Gasteiger partial charge on any atom is 0.151 e. The van der Waals surface area contributed by atoms with Crippen LogP contribution in [0.1, 0.15) is 24.0 Å². The van der Waals surface area contributed by atoms with Crippen LogP contribution in [-0.4, -0.2) is 39.8 Å². The lowest BCUT2D eigenvalue weighted by molar-refractivity contribution is 0.584. The van der Waals surface area contributed by atoms with E-state index in [1.54, 1.807) is 0 Å². The first-order valence-corrected chi connectivity index (χ1v) is 12.5. The molecule has 0 N–H and O–H groups in total. The van der Waals surface area contributed by atoms with E-state index in [2.05, 4.69) is 0 Å². The third kappa shape index (κ3) is 8.15. The summed E-state index contributed by atoms with van der Waals surface area (Å²) in [5.41, 5.74) is 2.19. The zero-order valence-corrected chi connectivity index (χ0v) is 16.5. The molecule has 0 saturated carbocycles. The van der Waals surface area contributed by atoms with E-state index in [1.807, 2.05) is 60.7 Å². The first-order valence-electron chi connectivity index (χ1n) is 8.85. The Morgan fingerprint density at radius 1 is 0.500 bits per heavy atom. The average Bonchev–Trinajstić information content (AvgIpc) is 2.62. The molecule has 0 atom stereocenters. The van der Waals surface area contributed by atoms with Gasteiger partial charge in [0.25, 0.3) is 0 Å². The standard InChI is InChI=1S/C20H26O4S2/c21-25(22,15-7-13-19-9-3-1-4-10-19)17-18-26(23,24)16-8-14-20-11-5-2-6-12-20/h1-6,9-12H,7-8,13-18H2. The van der Waals surface area contributed by atoms with Gasteiger partial charge in [-0.15, -0.1) is 0 Å². The van der Waals surface area contributed by atoms with Crippen LogP contribution in [0.5, 0.6) is 0 Å². The third-order valence-corrected chi connectivity index (χ3v) is 7.96. The van der Waals surface area contributed by atoms with Crippen LogP contribution in [0.2, 0.25) is 0 Å². The highest BCUT2D eigenvalue weighted by atomic mass is 32.2. The molecular weight excluding hydrogens is 368 g/mol. The molecule has 0 saturated heterocycles. The van der Waals surface area contributed by atoms with Crippen molar-refractivity contribution in [1.82, 2.24) is 0 Å². The quantitative estimate of drug-likeness (QED) is 0.587. The third-order valence-electron chi connectivity index (χ3n) is 4.23. The second-order valence-electron chi connectivity index (χ2n) is 6.48. The van der Waals surface area contributed by atoms with Crippen LogP contribution in [0.4, 0.5) is 0 Å². The number of sulfone groups is 2. The predicted molar refractivity (Wildman–Crippen MR) is 107 cm³/mol. The zero-order valence-electron chi connectivity index (χ0n) is 14.9. The molecule has 0 amide bonds. The van der Waals surface area contributed by atoms with E-state index in [1.165, 1.54) is 0 Å². The van der Waals surface area contributed by atoms with Crippen molar-refractivity contribution >= 4 is 19.7 Å². The molecule has 0 aliphatic rings. The highest BCUT2D eigenvalue weighted by Crippen LogP contribution is 2.07. The molecule has 142 valence electrons. The molecule has 2 aromatic carbocycles. The van der Waals surface area contributed by atoms with E-state index in [4.69, 9.17) is 0 Å². The van der Waals surface area contributed by atoms with E-state index in [0.717, 1.165) is 11.1 Å². The molecule has 0 radical (unpaired) electrons. The summed E-state index contributed by atoms with van der Waals surface area (Å²) in [5.74, 6) is -0.506. The van der Waals surface area contributed by atoms with Crippen LogP contribution in [0.25, 0.3) is 0 Å². The fraction of sp³-hybridized carbons (Fsp3) is 0.400. The van der Waals surface area contributed by atoms with Crippen LogP contribution in [0.3, 0.4) is 0 Å². The fourth-order valence-electron chi connectivity index (χ4n) is 2.74. The summed E-state index contributed by atoms with van der Waals surface area (Å²) in [5, 5.41) is 0. The van der Waals surface area contributed by atoms with Crippen molar-refractivity contribution in [2.45, 2.75) is 25.7 Å². The van der Waals surface area contributed by atoms with Crippen LogP contribution in [-0.2, 0) is 32.5 Å². The Morgan fingerprint density at radius 3 is 1.19 bits per heavy atom. The largest absolute Gasteiger partial charge is 0.229 e. The van der Waals surface area contributed by atoms with Crippen molar-refractivity contribution < 1.29 is 16.8 Å². The van der Waals surface area contributed by atoms with Gasteiger partial charge in [0, 0.05) is 0 Å². The summed E-state index contributed by atoms with van der Waals surface area (Å²) >= 11 is 0. The van der Waals surface area contributed by atoms with Gasteiger partial charge in [0.05, 0.1) is 23.0 Å². The predicted octanol–water partition coefficient (Wildman–Crippen LogP) is 3.08. The lowest BCUT2D eigenvalue weighted by Gasteiger charge is -2.07. The van der Waals surface area contributed by atoms with Crippen LogP contribution < -0.4 is 0 Å². The number of aryl methyl sites for hydroxylation is 2. The zero-order chi connectivity index (χ0) is 18.9. The molecule has 4 nitrogen and oxygen atoms in total. The average molecular weight is 395 g/mol. The van der Waals surface area contributed by atoms with Crippen molar-refractivity contribution in [3.05, 3.63) is 71.8 Å². The van der Waals surface area contributed by atoms with Gasteiger partial charge in [-0.3, -0.25) is 0 Å². The lowest BCUT2D eigenvalue weighted by Crippen LogP contribution is -2.22. The van der Waals surface area contributed by atoms with Crippen molar-refractivity contribution in [1.29, 1.82) is 0 Å². The summed E-state index contributed by atoms with van der Waals surface area (Å²) in [6.07, 6.45) is 2.40. The second kappa shape index (κ2) is 9.88. The molecule has 0 aromatic heterocycles. The topological polar surface area (TPSA) is 68.3 Å². The van der Waals surface area contributed by atoms with E-state index < -0.39 is 19.7 Å². The second-order valence-corrected chi connectivity index (χ2v) is 11.1. The van der Waals surface area contributed by atoms with E-state index in [0.29, 0.717) is 25.7 Å². The van der Waals surface area contributed by atoms with E-state index in [-0.39, 0.29) is 23.0 Å². The van der Waals surface area contributed by atoms with Crippen molar-refractivity contribution in [3.63, 3.8) is 0 Å². The maximum absolute atomic E-state index is 12.1. The van der Waals surface area contributed by atoms with Crippen molar-refractivity contribution in [3.8, 4) is 0 Å². The van der Waals surface area contributed by atoms with E-state index >= 15 is 0 Å². The molecule has 0 unspecified atom stereocenters. The highest BCUT2D eigenvalue weighted by molar-refractivity contribution is 7.95. The van der Waals surface area contributed by atoms with Crippen LogP contribution in [0, 0.1) is 0 Å². The Labute approximate surface area is 157 Å². The van der Waals surface area contributed by atoms with Crippen LogP contribution in [0.15, 0.2) is 60.7 Å². The molecule has 0 fully saturated rings. The van der Waals surface area contributed by atoms with Gasteiger partial charge in [0.15, 0.2) is 19.7 Å².